The van der Waals surface area contributed by atoms with E-state index in [0.717, 1.165) is 5.56 Å². The highest BCUT2D eigenvalue weighted by atomic mass is 32.2. The lowest BCUT2D eigenvalue weighted by molar-refractivity contribution is -0.137. The quantitative estimate of drug-likeness (QED) is 0.716. The van der Waals surface area contributed by atoms with Gasteiger partial charge in [-0.05, 0) is 18.4 Å². The molecule has 6 nitrogen and oxygen atoms in total. The molecule has 0 radical (unpaired) electrons. The van der Waals surface area contributed by atoms with E-state index < -0.39 is 34.0 Å². The Morgan fingerprint density at radius 3 is 2.40 bits per heavy atom. The first-order chi connectivity index (χ1) is 9.39. The third-order valence-electron chi connectivity index (χ3n) is 2.55. The predicted molar refractivity (Wildman–Crippen MR) is 74.1 cm³/mol. The highest BCUT2D eigenvalue weighted by Gasteiger charge is 2.16. The summed E-state index contributed by atoms with van der Waals surface area (Å²) >= 11 is 0. The third kappa shape index (κ3) is 6.89. The Bertz CT molecular complexity index is 553. The number of hydrogen-bond donors (Lipinski definition) is 2. The fraction of sp³-hybridized carbons (Fsp3) is 0.385. The summed E-state index contributed by atoms with van der Waals surface area (Å²) in [7, 11) is -3.50. The molecule has 20 heavy (non-hydrogen) atoms. The summed E-state index contributed by atoms with van der Waals surface area (Å²) in [5, 5.41) is 10.4. The Hall–Kier alpha value is -1.89. The molecule has 7 heteroatoms. The smallest absolute Gasteiger partial charge is 0.322 e. The van der Waals surface area contributed by atoms with Gasteiger partial charge in [0.2, 0.25) is 5.91 Å². The van der Waals surface area contributed by atoms with Gasteiger partial charge in [0.1, 0.15) is 12.3 Å². The van der Waals surface area contributed by atoms with Crippen molar-refractivity contribution in [2.24, 2.45) is 0 Å². The van der Waals surface area contributed by atoms with Crippen molar-refractivity contribution < 1.29 is 23.1 Å². The Morgan fingerprint density at radius 2 is 1.80 bits per heavy atom. The molecule has 0 heterocycles. The van der Waals surface area contributed by atoms with Crippen LogP contribution in [-0.2, 0) is 25.8 Å². The number of nitrogens with one attached hydrogen (secondary N) is 1. The first-order valence-corrected chi connectivity index (χ1v) is 7.94. The number of carboxylic acid groups (broad SMARTS) is 1. The van der Waals surface area contributed by atoms with Gasteiger partial charge in [-0.2, -0.15) is 0 Å². The second-order valence-corrected chi connectivity index (χ2v) is 6.54. The molecule has 0 aliphatic carbocycles. The number of carbonyl (C=O) groups is 2. The number of carboxylic acids is 1. The van der Waals surface area contributed by atoms with Gasteiger partial charge in [0.05, 0.1) is 5.75 Å². The van der Waals surface area contributed by atoms with Crippen LogP contribution in [0.4, 0.5) is 0 Å². The van der Waals surface area contributed by atoms with Crippen LogP contribution in [0.3, 0.4) is 0 Å². The van der Waals surface area contributed by atoms with Gasteiger partial charge in [-0.3, -0.25) is 9.59 Å². The summed E-state index contributed by atoms with van der Waals surface area (Å²) in [5.41, 5.74) is 1.04. The van der Waals surface area contributed by atoms with Crippen LogP contribution in [0.5, 0.6) is 0 Å². The zero-order chi connectivity index (χ0) is 15.0. The summed E-state index contributed by atoms with van der Waals surface area (Å²) < 4.78 is 23.3. The largest absolute Gasteiger partial charge is 0.480 e. The van der Waals surface area contributed by atoms with E-state index in [9.17, 15) is 18.0 Å². The van der Waals surface area contributed by atoms with E-state index in [0.29, 0.717) is 12.8 Å². The Morgan fingerprint density at radius 1 is 1.15 bits per heavy atom. The van der Waals surface area contributed by atoms with Crippen molar-refractivity contribution in [2.45, 2.75) is 12.8 Å². The minimum atomic E-state index is -3.50. The minimum Gasteiger partial charge on any atom is -0.480 e. The van der Waals surface area contributed by atoms with E-state index in [2.05, 4.69) is 0 Å². The zero-order valence-electron chi connectivity index (χ0n) is 10.9. The minimum absolute atomic E-state index is 0.0949. The topological polar surface area (TPSA) is 101 Å². The first kappa shape index (κ1) is 16.2. The number of aryl methyl sites for hydroxylation is 1. The first-order valence-electron chi connectivity index (χ1n) is 6.12. The number of sulfone groups is 1. The van der Waals surface area contributed by atoms with E-state index in [1.165, 1.54) is 0 Å². The molecule has 1 amide bonds. The lowest BCUT2D eigenvalue weighted by atomic mass is 10.1. The van der Waals surface area contributed by atoms with Crippen molar-refractivity contribution in [3.8, 4) is 0 Å². The number of carbonyl (C=O) groups excluding carboxylic acids is 1. The molecule has 0 bridgehead atoms. The Balaban J connectivity index is 2.34. The molecular weight excluding hydrogens is 282 g/mol. The SMILES string of the molecule is O=C(O)CNC(=O)CS(=O)(=O)CCCc1ccccc1. The highest BCUT2D eigenvalue weighted by molar-refractivity contribution is 7.92. The van der Waals surface area contributed by atoms with Crippen molar-refractivity contribution >= 4 is 21.7 Å². The maximum atomic E-state index is 11.7. The summed E-state index contributed by atoms with van der Waals surface area (Å²) in [6, 6.07) is 9.46. The van der Waals surface area contributed by atoms with Gasteiger partial charge < -0.3 is 10.4 Å². The lowest BCUT2D eigenvalue weighted by Crippen LogP contribution is -2.34. The number of rotatable bonds is 8. The summed E-state index contributed by atoms with van der Waals surface area (Å²) in [4.78, 5) is 21.5. The molecule has 1 aromatic carbocycles. The van der Waals surface area contributed by atoms with Gasteiger partial charge >= 0.3 is 5.97 Å². The predicted octanol–water partition coefficient (Wildman–Crippen LogP) is 0.235. The molecule has 0 atom stereocenters. The van der Waals surface area contributed by atoms with Crippen LogP contribution in [0, 0.1) is 0 Å². The van der Waals surface area contributed by atoms with Crippen LogP contribution in [0.25, 0.3) is 0 Å². The van der Waals surface area contributed by atoms with Crippen molar-refractivity contribution in [1.29, 1.82) is 0 Å². The van der Waals surface area contributed by atoms with Gasteiger partial charge in [0, 0.05) is 0 Å². The molecule has 1 rings (SSSR count). The van der Waals surface area contributed by atoms with Gasteiger partial charge in [-0.15, -0.1) is 0 Å². The van der Waals surface area contributed by atoms with E-state index in [4.69, 9.17) is 5.11 Å². The van der Waals surface area contributed by atoms with E-state index >= 15 is 0 Å². The van der Waals surface area contributed by atoms with Crippen molar-refractivity contribution in [3.63, 3.8) is 0 Å². The lowest BCUT2D eigenvalue weighted by Gasteiger charge is -2.05. The Kier molecular flexibility index (Phi) is 6.17. The monoisotopic (exact) mass is 299 g/mol. The molecular formula is C13H17NO5S. The molecule has 110 valence electrons. The van der Waals surface area contributed by atoms with Crippen LogP contribution in [0.2, 0.25) is 0 Å². The average Bonchev–Trinajstić information content (AvgIpc) is 2.37. The number of hydrogen-bond acceptors (Lipinski definition) is 4. The van der Waals surface area contributed by atoms with Gasteiger partial charge in [-0.25, -0.2) is 8.42 Å². The molecule has 0 saturated carbocycles. The number of aliphatic carboxylic acids is 1. The standard InChI is InChI=1S/C13H17NO5S/c15-12(14-9-13(16)17)10-20(18,19)8-4-7-11-5-2-1-3-6-11/h1-3,5-6H,4,7-10H2,(H,14,15)(H,16,17). The second kappa shape index (κ2) is 7.64. The molecule has 2 N–H and O–H groups in total. The van der Waals surface area contributed by atoms with Gasteiger partial charge in [0.15, 0.2) is 9.84 Å². The fourth-order valence-corrected chi connectivity index (χ4v) is 2.87. The summed E-state index contributed by atoms with van der Waals surface area (Å²) in [5.74, 6) is -2.76. The molecule has 0 fully saturated rings. The third-order valence-corrected chi connectivity index (χ3v) is 4.16. The maximum Gasteiger partial charge on any atom is 0.322 e. The van der Waals surface area contributed by atoms with Crippen molar-refractivity contribution in [2.75, 3.05) is 18.1 Å². The summed E-state index contributed by atoms with van der Waals surface area (Å²) in [6.07, 6.45) is 1.05. The molecule has 0 aliphatic heterocycles. The van der Waals surface area contributed by atoms with Crippen molar-refractivity contribution in [3.05, 3.63) is 35.9 Å². The Labute approximate surface area is 117 Å². The van der Waals surface area contributed by atoms with Crippen LogP contribution in [-0.4, -0.2) is 43.5 Å². The number of benzene rings is 1. The molecule has 1 aromatic rings. The van der Waals surface area contributed by atoms with Gasteiger partial charge in [0.25, 0.3) is 0 Å². The van der Waals surface area contributed by atoms with E-state index in [1.54, 1.807) is 0 Å². The molecule has 0 unspecified atom stereocenters. The van der Waals surface area contributed by atoms with Crippen LogP contribution in [0.1, 0.15) is 12.0 Å². The van der Waals surface area contributed by atoms with Gasteiger partial charge in [-0.1, -0.05) is 30.3 Å². The molecule has 0 aromatic heterocycles. The van der Waals surface area contributed by atoms with Crippen LogP contribution in [0.15, 0.2) is 30.3 Å². The fourth-order valence-electron chi connectivity index (χ4n) is 1.64. The average molecular weight is 299 g/mol. The maximum absolute atomic E-state index is 11.7. The van der Waals surface area contributed by atoms with Crippen molar-refractivity contribution in [1.82, 2.24) is 5.32 Å². The van der Waals surface area contributed by atoms with E-state index in [-0.39, 0.29) is 5.75 Å². The van der Waals surface area contributed by atoms with E-state index in [1.807, 2.05) is 35.6 Å². The normalized spacial score (nSPS) is 11.0. The van der Waals surface area contributed by atoms with Crippen LogP contribution >= 0.6 is 0 Å². The zero-order valence-corrected chi connectivity index (χ0v) is 11.7. The molecule has 0 saturated heterocycles. The molecule has 0 spiro atoms. The molecule has 0 aliphatic rings. The highest BCUT2D eigenvalue weighted by Crippen LogP contribution is 2.04. The second-order valence-electron chi connectivity index (χ2n) is 4.35. The number of amides is 1. The summed E-state index contributed by atoms with van der Waals surface area (Å²) in [6.45, 7) is -0.571. The van der Waals surface area contributed by atoms with Crippen LogP contribution < -0.4 is 5.32 Å².